The van der Waals surface area contributed by atoms with E-state index in [1.54, 1.807) is 13.2 Å². The number of carboxylic acids is 1. The van der Waals surface area contributed by atoms with Crippen LogP contribution in [0.5, 0.6) is 11.5 Å². The molecule has 0 aliphatic rings. The van der Waals surface area contributed by atoms with Crippen molar-refractivity contribution in [3.8, 4) is 11.5 Å². The van der Waals surface area contributed by atoms with Crippen molar-refractivity contribution < 1.29 is 19.4 Å². The van der Waals surface area contributed by atoms with E-state index in [1.807, 2.05) is 19.9 Å². The lowest BCUT2D eigenvalue weighted by Crippen LogP contribution is -2.13. The fourth-order valence-electron chi connectivity index (χ4n) is 1.97. The number of aliphatic carboxylic acids is 1. The van der Waals surface area contributed by atoms with Crippen molar-refractivity contribution in [1.29, 1.82) is 0 Å². The van der Waals surface area contributed by atoms with Crippen molar-refractivity contribution in [2.24, 2.45) is 0 Å². The zero-order valence-electron chi connectivity index (χ0n) is 10.6. The lowest BCUT2D eigenvalue weighted by molar-refractivity contribution is -0.138. The van der Waals surface area contributed by atoms with Gasteiger partial charge in [-0.25, -0.2) is 0 Å². The van der Waals surface area contributed by atoms with Gasteiger partial charge < -0.3 is 14.6 Å². The Bertz CT molecular complexity index is 412. The Morgan fingerprint density at radius 3 is 2.41 bits per heavy atom. The molecule has 0 aliphatic carbocycles. The number of methoxy groups -OCH3 is 2. The predicted octanol–water partition coefficient (Wildman–Crippen LogP) is 2.59. The first-order valence-electron chi connectivity index (χ1n) is 5.50. The van der Waals surface area contributed by atoms with Crippen LogP contribution < -0.4 is 9.47 Å². The van der Waals surface area contributed by atoms with E-state index in [4.69, 9.17) is 9.47 Å². The number of carbonyl (C=O) groups is 1. The predicted molar refractivity (Wildman–Crippen MR) is 65.0 cm³/mol. The van der Waals surface area contributed by atoms with Crippen molar-refractivity contribution in [2.45, 2.75) is 26.2 Å². The number of aryl methyl sites for hydroxylation is 1. The molecule has 1 atom stereocenters. The van der Waals surface area contributed by atoms with Crippen LogP contribution in [0.4, 0.5) is 0 Å². The molecule has 0 radical (unpaired) electrons. The summed E-state index contributed by atoms with van der Waals surface area (Å²) in [6.45, 7) is 3.72. The molecule has 0 fully saturated rings. The van der Waals surface area contributed by atoms with Gasteiger partial charge in [0.25, 0.3) is 0 Å². The fraction of sp³-hybridized carbons (Fsp3) is 0.462. The zero-order chi connectivity index (χ0) is 13.0. The Morgan fingerprint density at radius 2 is 2.00 bits per heavy atom. The minimum absolute atomic E-state index is 0.527. The van der Waals surface area contributed by atoms with Gasteiger partial charge in [0.15, 0.2) is 0 Å². The molecule has 0 saturated heterocycles. The van der Waals surface area contributed by atoms with Crippen molar-refractivity contribution in [3.63, 3.8) is 0 Å². The average Bonchev–Trinajstić information content (AvgIpc) is 2.31. The first kappa shape index (κ1) is 13.4. The molecular formula is C13H18O4. The van der Waals surface area contributed by atoms with E-state index < -0.39 is 11.9 Å². The molecule has 1 rings (SSSR count). The minimum atomic E-state index is -0.834. The molecule has 0 spiro atoms. The third-order valence-electron chi connectivity index (χ3n) is 2.83. The third kappa shape index (κ3) is 2.70. The normalized spacial score (nSPS) is 12.0. The first-order valence-corrected chi connectivity index (χ1v) is 5.50. The minimum Gasteiger partial charge on any atom is -0.497 e. The van der Waals surface area contributed by atoms with Gasteiger partial charge in [0.05, 0.1) is 20.1 Å². The number of hydrogen-bond donors (Lipinski definition) is 1. The lowest BCUT2D eigenvalue weighted by Gasteiger charge is -2.18. The molecule has 0 heterocycles. The molecule has 0 aliphatic heterocycles. The van der Waals surface area contributed by atoms with E-state index >= 15 is 0 Å². The van der Waals surface area contributed by atoms with Gasteiger partial charge in [0, 0.05) is 11.6 Å². The van der Waals surface area contributed by atoms with Gasteiger partial charge in [-0.1, -0.05) is 6.92 Å². The smallest absolute Gasteiger partial charge is 0.311 e. The Balaban J connectivity index is 3.35. The number of carboxylic acid groups (broad SMARTS) is 1. The first-order chi connectivity index (χ1) is 8.04. The molecule has 1 aromatic rings. The largest absolute Gasteiger partial charge is 0.497 e. The van der Waals surface area contributed by atoms with Crippen LogP contribution in [0.1, 0.15) is 30.4 Å². The van der Waals surface area contributed by atoms with Crippen LogP contribution in [0, 0.1) is 6.92 Å². The van der Waals surface area contributed by atoms with Crippen LogP contribution in [-0.2, 0) is 4.79 Å². The second-order valence-corrected chi connectivity index (χ2v) is 3.86. The quantitative estimate of drug-likeness (QED) is 0.856. The molecule has 1 N–H and O–H groups in total. The summed E-state index contributed by atoms with van der Waals surface area (Å²) in [7, 11) is 3.11. The lowest BCUT2D eigenvalue weighted by atomic mass is 9.91. The monoisotopic (exact) mass is 238 g/mol. The highest BCUT2D eigenvalue weighted by Crippen LogP contribution is 2.35. The van der Waals surface area contributed by atoms with Gasteiger partial charge in [-0.3, -0.25) is 4.79 Å². The van der Waals surface area contributed by atoms with Crippen LogP contribution in [0.2, 0.25) is 0 Å². The van der Waals surface area contributed by atoms with E-state index in [-0.39, 0.29) is 0 Å². The second-order valence-electron chi connectivity index (χ2n) is 3.86. The topological polar surface area (TPSA) is 55.8 Å². The van der Waals surface area contributed by atoms with Crippen LogP contribution in [0.15, 0.2) is 12.1 Å². The molecule has 94 valence electrons. The summed E-state index contributed by atoms with van der Waals surface area (Å²) < 4.78 is 10.4. The second kappa shape index (κ2) is 5.57. The Kier molecular flexibility index (Phi) is 4.37. The van der Waals surface area contributed by atoms with Crippen molar-refractivity contribution in [2.75, 3.05) is 14.2 Å². The summed E-state index contributed by atoms with van der Waals surface area (Å²) in [6, 6.07) is 3.54. The van der Waals surface area contributed by atoms with Crippen molar-refractivity contribution in [1.82, 2.24) is 0 Å². The molecule has 17 heavy (non-hydrogen) atoms. The molecular weight excluding hydrogens is 220 g/mol. The van der Waals surface area contributed by atoms with Crippen LogP contribution >= 0.6 is 0 Å². The molecule has 0 saturated carbocycles. The highest BCUT2D eigenvalue weighted by Gasteiger charge is 2.24. The third-order valence-corrected chi connectivity index (χ3v) is 2.83. The molecule has 0 amide bonds. The molecule has 1 unspecified atom stereocenters. The van der Waals surface area contributed by atoms with Crippen molar-refractivity contribution >= 4 is 5.97 Å². The zero-order valence-corrected chi connectivity index (χ0v) is 10.6. The molecule has 0 aromatic heterocycles. The number of benzene rings is 1. The average molecular weight is 238 g/mol. The van der Waals surface area contributed by atoms with E-state index in [9.17, 15) is 9.90 Å². The Morgan fingerprint density at radius 1 is 1.35 bits per heavy atom. The Hall–Kier alpha value is -1.71. The number of rotatable bonds is 5. The van der Waals surface area contributed by atoms with Gasteiger partial charge in [-0.15, -0.1) is 0 Å². The maximum Gasteiger partial charge on any atom is 0.311 e. The SMILES string of the molecule is CCC(C(=O)O)c1c(C)cc(OC)cc1OC. The van der Waals surface area contributed by atoms with Gasteiger partial charge in [0.2, 0.25) is 0 Å². The summed E-state index contributed by atoms with van der Waals surface area (Å²) in [4.78, 5) is 11.2. The molecule has 0 bridgehead atoms. The summed E-state index contributed by atoms with van der Waals surface area (Å²) in [5, 5.41) is 9.21. The van der Waals surface area contributed by atoms with Gasteiger partial charge in [-0.2, -0.15) is 0 Å². The van der Waals surface area contributed by atoms with E-state index in [1.165, 1.54) is 7.11 Å². The highest BCUT2D eigenvalue weighted by molar-refractivity contribution is 5.78. The maximum absolute atomic E-state index is 11.2. The van der Waals surface area contributed by atoms with Gasteiger partial charge >= 0.3 is 5.97 Å². The highest BCUT2D eigenvalue weighted by atomic mass is 16.5. The molecule has 4 heteroatoms. The number of ether oxygens (including phenoxy) is 2. The van der Waals surface area contributed by atoms with E-state index in [2.05, 4.69) is 0 Å². The summed E-state index contributed by atoms with van der Waals surface area (Å²) in [5.74, 6) is -0.144. The van der Waals surface area contributed by atoms with Gasteiger partial charge in [-0.05, 0) is 25.0 Å². The van der Waals surface area contributed by atoms with Crippen LogP contribution in [-0.4, -0.2) is 25.3 Å². The summed E-state index contributed by atoms with van der Waals surface area (Å²) >= 11 is 0. The maximum atomic E-state index is 11.2. The van der Waals surface area contributed by atoms with Crippen LogP contribution in [0.3, 0.4) is 0 Å². The molecule has 4 nitrogen and oxygen atoms in total. The van der Waals surface area contributed by atoms with Gasteiger partial charge in [0.1, 0.15) is 11.5 Å². The summed E-state index contributed by atoms with van der Waals surface area (Å²) in [5.41, 5.74) is 1.60. The fourth-order valence-corrected chi connectivity index (χ4v) is 1.97. The standard InChI is InChI=1S/C13H18O4/c1-5-10(13(14)15)12-8(2)6-9(16-3)7-11(12)17-4/h6-7,10H,5H2,1-4H3,(H,14,15). The van der Waals surface area contributed by atoms with Crippen LogP contribution in [0.25, 0.3) is 0 Å². The Labute approximate surface area is 101 Å². The number of hydrogen-bond acceptors (Lipinski definition) is 3. The van der Waals surface area contributed by atoms with E-state index in [0.717, 1.165) is 11.1 Å². The van der Waals surface area contributed by atoms with Crippen molar-refractivity contribution in [3.05, 3.63) is 23.3 Å². The van der Waals surface area contributed by atoms with E-state index in [0.29, 0.717) is 17.9 Å². The molecule has 1 aromatic carbocycles. The summed E-state index contributed by atoms with van der Waals surface area (Å²) in [6.07, 6.45) is 0.527.